The SMILES string of the molecule is CC(C)c1cc2c(-c3ccc(C(C)(C)C)cc3)cccc2[cH-]1.Cc1cc2c(-c3ccc(C(C)(C)C)cc3)cccc2[cH-]1.Cl.Cl.[CH3-].[CH3-].[Si]=[Zr]. The molecule has 0 amide bonds. The third-order valence-corrected chi connectivity index (χ3v) is 8.46. The molecule has 48 heavy (non-hydrogen) atoms. The number of benzene rings is 4. The van der Waals surface area contributed by atoms with Gasteiger partial charge in [-0.2, -0.15) is 12.1 Å². The fourth-order valence-corrected chi connectivity index (χ4v) is 5.78. The van der Waals surface area contributed by atoms with Crippen LogP contribution in [0, 0.1) is 21.8 Å². The van der Waals surface area contributed by atoms with Crippen LogP contribution in [0.15, 0.2) is 109 Å². The van der Waals surface area contributed by atoms with Gasteiger partial charge in [0.05, 0.1) is 0 Å². The topological polar surface area (TPSA) is 0 Å². The summed E-state index contributed by atoms with van der Waals surface area (Å²) in [5, 5.41) is 5.41. The monoisotopic (exact) mass is 770 g/mol. The van der Waals surface area contributed by atoms with Crippen LogP contribution in [0.5, 0.6) is 0 Å². The van der Waals surface area contributed by atoms with E-state index in [0.717, 1.165) is 0 Å². The Bertz CT molecular complexity index is 1830. The number of hydrogen-bond acceptors (Lipinski definition) is 0. The Hall–Kier alpha value is -2.22. The van der Waals surface area contributed by atoms with Gasteiger partial charge in [-0.15, -0.1) is 93.9 Å². The van der Waals surface area contributed by atoms with E-state index in [4.69, 9.17) is 0 Å². The first-order chi connectivity index (χ1) is 20.8. The van der Waals surface area contributed by atoms with Crippen molar-refractivity contribution in [2.75, 3.05) is 0 Å². The number of aryl methyl sites for hydroxylation is 1. The fourth-order valence-electron chi connectivity index (χ4n) is 5.78. The Morgan fingerprint density at radius 1 is 0.562 bits per heavy atom. The van der Waals surface area contributed by atoms with E-state index >= 15 is 0 Å². The molecule has 0 N–H and O–H groups in total. The average Bonchev–Trinajstić information content (AvgIpc) is 3.61. The summed E-state index contributed by atoms with van der Waals surface area (Å²) in [6.07, 6.45) is 0. The second kappa shape index (κ2) is 19.2. The van der Waals surface area contributed by atoms with Gasteiger partial charge in [0, 0.05) is 0 Å². The molecule has 0 fully saturated rings. The Labute approximate surface area is 321 Å². The summed E-state index contributed by atoms with van der Waals surface area (Å²) >= 11 is 1.36. The van der Waals surface area contributed by atoms with Crippen LogP contribution in [0.1, 0.15) is 83.6 Å². The Morgan fingerprint density at radius 2 is 0.938 bits per heavy atom. The minimum absolute atomic E-state index is 0. The van der Waals surface area contributed by atoms with Gasteiger partial charge in [0.25, 0.3) is 0 Å². The summed E-state index contributed by atoms with van der Waals surface area (Å²) in [5.41, 5.74) is 11.2. The van der Waals surface area contributed by atoms with Crippen molar-refractivity contribution in [2.45, 2.75) is 79.1 Å². The summed E-state index contributed by atoms with van der Waals surface area (Å²) in [5.74, 6) is 0.573. The molecule has 0 aliphatic rings. The number of hydrogen-bond donors (Lipinski definition) is 0. The van der Waals surface area contributed by atoms with Gasteiger partial charge in [-0.3, -0.25) is 0 Å². The number of fused-ring (bicyclic) bond motifs is 2. The summed E-state index contributed by atoms with van der Waals surface area (Å²) in [6, 6.07) is 40.4. The maximum atomic E-state index is 3.06. The van der Waals surface area contributed by atoms with Crippen molar-refractivity contribution in [2.24, 2.45) is 0 Å². The van der Waals surface area contributed by atoms with Gasteiger partial charge in [0.1, 0.15) is 0 Å². The zero-order valence-corrected chi connectivity index (χ0v) is 35.9. The average molecular weight is 773 g/mol. The molecular formula is C44H54Cl2SiZr-4. The van der Waals surface area contributed by atoms with Crippen molar-refractivity contribution in [3.05, 3.63) is 146 Å². The molecule has 2 radical (unpaired) electrons. The third kappa shape index (κ3) is 10.9. The van der Waals surface area contributed by atoms with Gasteiger partial charge in [-0.05, 0) is 39.0 Å². The molecule has 0 spiro atoms. The van der Waals surface area contributed by atoms with E-state index in [0.29, 0.717) is 5.92 Å². The summed E-state index contributed by atoms with van der Waals surface area (Å²) in [4.78, 5) is 0. The second-order valence-corrected chi connectivity index (χ2v) is 14.2. The summed E-state index contributed by atoms with van der Waals surface area (Å²) in [6.45, 7) is 23.3. The van der Waals surface area contributed by atoms with Gasteiger partial charge in [-0.25, -0.2) is 0 Å². The normalized spacial score (nSPS) is 10.7. The molecule has 256 valence electrons. The summed E-state index contributed by atoms with van der Waals surface area (Å²) < 4.78 is 0. The van der Waals surface area contributed by atoms with Crippen LogP contribution in [0.25, 0.3) is 43.8 Å². The van der Waals surface area contributed by atoms with Crippen LogP contribution in [-0.2, 0) is 34.2 Å². The van der Waals surface area contributed by atoms with Crippen LogP contribution < -0.4 is 0 Å². The van der Waals surface area contributed by atoms with Crippen LogP contribution in [0.3, 0.4) is 0 Å². The van der Waals surface area contributed by atoms with Crippen molar-refractivity contribution in [3.8, 4) is 22.3 Å². The number of rotatable bonds is 3. The van der Waals surface area contributed by atoms with Gasteiger partial charge >= 0.3 is 30.2 Å². The number of halogens is 2. The van der Waals surface area contributed by atoms with Gasteiger partial charge in [0.2, 0.25) is 0 Å². The molecule has 4 heteroatoms. The Kier molecular flexibility index (Phi) is 18.4. The predicted molar refractivity (Wildman–Crippen MR) is 219 cm³/mol. The van der Waals surface area contributed by atoms with E-state index in [2.05, 4.69) is 178 Å². The first-order valence-corrected chi connectivity index (χ1v) is 19.8. The van der Waals surface area contributed by atoms with E-state index < -0.39 is 0 Å². The van der Waals surface area contributed by atoms with Crippen molar-refractivity contribution in [1.82, 2.24) is 0 Å². The van der Waals surface area contributed by atoms with Crippen LogP contribution in [0.2, 0.25) is 0 Å². The maximum absolute atomic E-state index is 3.06. The first kappa shape index (κ1) is 45.8. The molecule has 0 heterocycles. The first-order valence-electron chi connectivity index (χ1n) is 15.6. The molecule has 0 saturated heterocycles. The summed E-state index contributed by atoms with van der Waals surface area (Å²) in [7, 11) is 0. The van der Waals surface area contributed by atoms with Gasteiger partial charge in [0.15, 0.2) is 0 Å². The van der Waals surface area contributed by atoms with E-state index in [1.807, 2.05) is 0 Å². The molecule has 0 atom stereocenters. The van der Waals surface area contributed by atoms with Crippen LogP contribution >= 0.6 is 24.8 Å². The standard InChI is InChI=1S/C22H25.C20H21.2CH3.2ClH.Si.Zr/c1-15(2)18-13-17-7-6-8-20(21(17)14-18)16-9-11-19(12-10-16)22(3,4)5;1-14-12-16-6-5-7-18(19(16)13-14)15-8-10-17(11-9-15)20(2,3)4;;;;;;/h6-15H,1-5H3;5-13H,1-4H3;2*1H3;2*1H;;/q4*-1;;;;. The van der Waals surface area contributed by atoms with Crippen LogP contribution in [0.4, 0.5) is 0 Å². The zero-order chi connectivity index (χ0) is 32.2. The van der Waals surface area contributed by atoms with Gasteiger partial charge < -0.3 is 14.9 Å². The van der Waals surface area contributed by atoms with Crippen molar-refractivity contribution >= 4 is 53.2 Å². The van der Waals surface area contributed by atoms with Crippen LogP contribution in [-0.4, -0.2) is 6.88 Å². The molecule has 0 nitrogen and oxygen atoms in total. The van der Waals surface area contributed by atoms with E-state index in [-0.39, 0.29) is 50.5 Å². The zero-order valence-electron chi connectivity index (χ0n) is 30.8. The third-order valence-electron chi connectivity index (χ3n) is 8.46. The fraction of sp³-hybridized carbons (Fsp3) is 0.273. The molecule has 0 aromatic heterocycles. The second-order valence-electron chi connectivity index (χ2n) is 14.2. The van der Waals surface area contributed by atoms with E-state index in [1.165, 1.54) is 89.4 Å². The molecule has 6 rings (SSSR count). The van der Waals surface area contributed by atoms with Crippen molar-refractivity contribution < 1.29 is 23.3 Å². The Balaban J connectivity index is 0.000000813. The van der Waals surface area contributed by atoms with Crippen molar-refractivity contribution in [3.63, 3.8) is 0 Å². The predicted octanol–water partition coefficient (Wildman–Crippen LogP) is 13.8. The van der Waals surface area contributed by atoms with E-state index in [9.17, 15) is 0 Å². The van der Waals surface area contributed by atoms with E-state index in [1.54, 1.807) is 0 Å². The molecule has 0 aliphatic heterocycles. The molecule has 0 aliphatic carbocycles. The molecule has 6 aromatic rings. The molecule has 0 unspecified atom stereocenters. The Morgan fingerprint density at radius 3 is 1.31 bits per heavy atom. The molecule has 0 saturated carbocycles. The van der Waals surface area contributed by atoms with Crippen molar-refractivity contribution in [1.29, 1.82) is 0 Å². The quantitative estimate of drug-likeness (QED) is 0.124. The molecule has 0 bridgehead atoms. The van der Waals surface area contributed by atoms with Gasteiger partial charge in [-0.1, -0.05) is 134 Å². The molecular weight excluding hydrogens is 719 g/mol. The molecule has 6 aromatic carbocycles. The minimum atomic E-state index is 0.